The Labute approximate surface area is 186 Å². The Morgan fingerprint density at radius 2 is 1.81 bits per heavy atom. The summed E-state index contributed by atoms with van der Waals surface area (Å²) >= 11 is 6.11. The predicted molar refractivity (Wildman–Crippen MR) is 121 cm³/mol. The quantitative estimate of drug-likeness (QED) is 0.613. The number of aryl methyl sites for hydroxylation is 1. The Hall–Kier alpha value is -3.03. The van der Waals surface area contributed by atoms with Gasteiger partial charge in [-0.25, -0.2) is 8.42 Å². The molecule has 0 radical (unpaired) electrons. The first-order valence-electron chi connectivity index (χ1n) is 9.82. The van der Waals surface area contributed by atoms with Crippen LogP contribution in [-0.4, -0.2) is 27.0 Å². The molecule has 1 aliphatic rings. The number of sulfonamides is 1. The number of benzene rings is 3. The Morgan fingerprint density at radius 3 is 2.48 bits per heavy atom. The molecule has 1 heterocycles. The van der Waals surface area contributed by atoms with Crippen molar-refractivity contribution in [3.8, 4) is 5.75 Å². The van der Waals surface area contributed by atoms with E-state index in [0.29, 0.717) is 16.4 Å². The van der Waals surface area contributed by atoms with Gasteiger partial charge in [0.05, 0.1) is 17.1 Å². The SMILES string of the molecule is CCc1ccc(NC(=O)C2CN(S(=O)(=O)c3ccccc3)c3cc(Cl)ccc3O2)cc1. The average molecular weight is 457 g/mol. The standard InChI is InChI=1S/C23H21ClN2O4S/c1-2-16-8-11-18(12-9-16)25-23(27)22-15-26(20-14-17(24)10-13-21(20)30-22)31(28,29)19-6-4-3-5-7-19/h3-14,22H,2,15H2,1H3,(H,25,27). The summed E-state index contributed by atoms with van der Waals surface area (Å²) in [5, 5.41) is 3.18. The number of anilines is 2. The maximum atomic E-state index is 13.4. The number of nitrogens with zero attached hydrogens (tertiary/aromatic N) is 1. The molecule has 8 heteroatoms. The average Bonchev–Trinajstić information content (AvgIpc) is 2.79. The maximum absolute atomic E-state index is 13.4. The first-order chi connectivity index (χ1) is 14.9. The Bertz CT molecular complexity index is 1200. The molecular formula is C23H21ClN2O4S. The smallest absolute Gasteiger partial charge is 0.267 e. The lowest BCUT2D eigenvalue weighted by Crippen LogP contribution is -2.48. The highest BCUT2D eigenvalue weighted by Gasteiger charge is 2.37. The minimum absolute atomic E-state index is 0.122. The van der Waals surface area contributed by atoms with Crippen LogP contribution in [-0.2, 0) is 21.2 Å². The molecule has 1 aliphatic heterocycles. The largest absolute Gasteiger partial charge is 0.476 e. The van der Waals surface area contributed by atoms with Gasteiger partial charge in [-0.1, -0.05) is 48.9 Å². The molecule has 0 aliphatic carbocycles. The maximum Gasteiger partial charge on any atom is 0.267 e. The van der Waals surface area contributed by atoms with Gasteiger partial charge >= 0.3 is 0 Å². The third kappa shape index (κ3) is 4.38. The van der Waals surface area contributed by atoms with Gasteiger partial charge in [0.1, 0.15) is 5.75 Å². The minimum Gasteiger partial charge on any atom is -0.476 e. The van der Waals surface area contributed by atoms with E-state index >= 15 is 0 Å². The second-order valence-corrected chi connectivity index (χ2v) is 9.41. The molecule has 1 amide bonds. The van der Waals surface area contributed by atoms with E-state index in [4.69, 9.17) is 16.3 Å². The highest BCUT2D eigenvalue weighted by atomic mass is 35.5. The third-order valence-corrected chi connectivity index (χ3v) is 7.07. The van der Waals surface area contributed by atoms with Gasteiger partial charge in [0.2, 0.25) is 0 Å². The molecule has 3 aromatic carbocycles. The van der Waals surface area contributed by atoms with Gasteiger partial charge in [-0.3, -0.25) is 9.10 Å². The third-order valence-electron chi connectivity index (χ3n) is 5.04. The van der Waals surface area contributed by atoms with Crippen LogP contribution in [0.1, 0.15) is 12.5 Å². The lowest BCUT2D eigenvalue weighted by atomic mass is 10.1. The van der Waals surface area contributed by atoms with Crippen LogP contribution in [0.2, 0.25) is 5.02 Å². The number of hydrogen-bond donors (Lipinski definition) is 1. The van der Waals surface area contributed by atoms with E-state index in [9.17, 15) is 13.2 Å². The zero-order valence-electron chi connectivity index (χ0n) is 16.8. The number of hydrogen-bond acceptors (Lipinski definition) is 4. The summed E-state index contributed by atoms with van der Waals surface area (Å²) in [6.45, 7) is 1.87. The molecule has 0 spiro atoms. The molecular weight excluding hydrogens is 436 g/mol. The van der Waals surface area contributed by atoms with Crippen LogP contribution in [0.5, 0.6) is 5.75 Å². The fraction of sp³-hybridized carbons (Fsp3) is 0.174. The summed E-state index contributed by atoms with van der Waals surface area (Å²) in [7, 11) is -3.93. The van der Waals surface area contributed by atoms with E-state index < -0.39 is 22.0 Å². The summed E-state index contributed by atoms with van der Waals surface area (Å²) in [6, 6.07) is 20.2. The molecule has 0 fully saturated rings. The Kier molecular flexibility index (Phi) is 5.89. The molecule has 0 bridgehead atoms. The summed E-state index contributed by atoms with van der Waals surface area (Å²) in [6.07, 6.45) is -0.135. The molecule has 1 unspecified atom stereocenters. The first kappa shape index (κ1) is 21.2. The van der Waals surface area contributed by atoms with Crippen molar-refractivity contribution in [2.45, 2.75) is 24.3 Å². The van der Waals surface area contributed by atoms with Crippen molar-refractivity contribution in [3.63, 3.8) is 0 Å². The fourth-order valence-electron chi connectivity index (χ4n) is 3.35. The summed E-state index contributed by atoms with van der Waals surface area (Å²) in [5.41, 5.74) is 2.07. The van der Waals surface area contributed by atoms with Crippen LogP contribution in [0.15, 0.2) is 77.7 Å². The van der Waals surface area contributed by atoms with Crippen LogP contribution in [0.3, 0.4) is 0 Å². The lowest BCUT2D eigenvalue weighted by molar-refractivity contribution is -0.122. The van der Waals surface area contributed by atoms with Gasteiger partial charge in [0.25, 0.3) is 15.9 Å². The second kappa shape index (κ2) is 8.61. The van der Waals surface area contributed by atoms with Crippen molar-refractivity contribution in [1.82, 2.24) is 0 Å². The molecule has 160 valence electrons. The van der Waals surface area contributed by atoms with Gasteiger partial charge < -0.3 is 10.1 Å². The summed E-state index contributed by atoms with van der Waals surface area (Å²) < 4.78 is 33.7. The summed E-state index contributed by atoms with van der Waals surface area (Å²) in [4.78, 5) is 13.0. The van der Waals surface area contributed by atoms with E-state index in [1.165, 1.54) is 22.5 Å². The van der Waals surface area contributed by atoms with Crippen molar-refractivity contribution in [2.24, 2.45) is 0 Å². The van der Waals surface area contributed by atoms with E-state index in [2.05, 4.69) is 12.2 Å². The van der Waals surface area contributed by atoms with Crippen LogP contribution in [0, 0.1) is 0 Å². The Balaban J connectivity index is 1.66. The first-order valence-corrected chi connectivity index (χ1v) is 11.6. The van der Waals surface area contributed by atoms with Gasteiger partial charge in [-0.2, -0.15) is 0 Å². The van der Waals surface area contributed by atoms with Gasteiger partial charge in [0, 0.05) is 10.7 Å². The normalized spacial score (nSPS) is 15.7. The molecule has 3 aromatic rings. The topological polar surface area (TPSA) is 75.7 Å². The molecule has 0 saturated carbocycles. The van der Waals surface area contributed by atoms with E-state index in [-0.39, 0.29) is 17.2 Å². The highest BCUT2D eigenvalue weighted by molar-refractivity contribution is 7.92. The van der Waals surface area contributed by atoms with Gasteiger partial charge in [-0.05, 0) is 54.4 Å². The second-order valence-electron chi connectivity index (χ2n) is 7.11. The van der Waals surface area contributed by atoms with Crippen molar-refractivity contribution < 1.29 is 17.9 Å². The van der Waals surface area contributed by atoms with E-state index in [0.717, 1.165) is 12.0 Å². The molecule has 1 N–H and O–H groups in total. The van der Waals surface area contributed by atoms with E-state index in [1.54, 1.807) is 30.3 Å². The number of halogens is 1. The summed E-state index contributed by atoms with van der Waals surface area (Å²) in [5.74, 6) is -0.158. The van der Waals surface area contributed by atoms with Crippen molar-refractivity contribution >= 4 is 38.9 Å². The number of carbonyl (C=O) groups excluding carboxylic acids is 1. The van der Waals surface area contributed by atoms with Gasteiger partial charge in [0.15, 0.2) is 6.10 Å². The number of nitrogens with one attached hydrogen (secondary N) is 1. The zero-order chi connectivity index (χ0) is 22.0. The molecule has 0 saturated heterocycles. The minimum atomic E-state index is -3.93. The van der Waals surface area contributed by atoms with Crippen LogP contribution in [0.25, 0.3) is 0 Å². The molecule has 1 atom stereocenters. The predicted octanol–water partition coefficient (Wildman–Crippen LogP) is 4.50. The number of rotatable bonds is 5. The zero-order valence-corrected chi connectivity index (χ0v) is 18.4. The van der Waals surface area contributed by atoms with Crippen molar-refractivity contribution in [2.75, 3.05) is 16.2 Å². The number of carbonyl (C=O) groups is 1. The van der Waals surface area contributed by atoms with Crippen LogP contribution >= 0.6 is 11.6 Å². The Morgan fingerprint density at radius 1 is 1.10 bits per heavy atom. The molecule has 4 rings (SSSR count). The van der Waals surface area contributed by atoms with Crippen molar-refractivity contribution in [1.29, 1.82) is 0 Å². The fourth-order valence-corrected chi connectivity index (χ4v) is 5.01. The van der Waals surface area contributed by atoms with Gasteiger partial charge in [-0.15, -0.1) is 0 Å². The molecule has 0 aromatic heterocycles. The van der Waals surface area contributed by atoms with E-state index in [1.807, 2.05) is 24.3 Å². The number of amides is 1. The number of fused-ring (bicyclic) bond motifs is 1. The monoisotopic (exact) mass is 456 g/mol. The lowest BCUT2D eigenvalue weighted by Gasteiger charge is -2.34. The molecule has 6 nitrogen and oxygen atoms in total. The molecule has 31 heavy (non-hydrogen) atoms. The van der Waals surface area contributed by atoms with Crippen molar-refractivity contribution in [3.05, 3.63) is 83.4 Å². The van der Waals surface area contributed by atoms with Crippen LogP contribution < -0.4 is 14.4 Å². The highest BCUT2D eigenvalue weighted by Crippen LogP contribution is 2.39. The van der Waals surface area contributed by atoms with Crippen LogP contribution in [0.4, 0.5) is 11.4 Å². The number of ether oxygens (including phenoxy) is 1.